The summed E-state index contributed by atoms with van der Waals surface area (Å²) in [5, 5.41) is 4.18. The lowest BCUT2D eigenvalue weighted by Crippen LogP contribution is -2.04. The van der Waals surface area contributed by atoms with Crippen LogP contribution in [-0.2, 0) is 11.4 Å². The van der Waals surface area contributed by atoms with Crippen molar-refractivity contribution < 1.29 is 4.84 Å². The smallest absolute Gasteiger partial charge is 0.142 e. The van der Waals surface area contributed by atoms with E-state index < -0.39 is 0 Å². The molecule has 1 fully saturated rings. The molecule has 4 rings (SSSR count). The molecule has 1 aliphatic rings. The van der Waals surface area contributed by atoms with Gasteiger partial charge in [0.05, 0.1) is 6.21 Å². The monoisotopic (exact) mass is 369 g/mol. The third-order valence-corrected chi connectivity index (χ3v) is 5.56. The molecule has 0 atom stereocenters. The summed E-state index contributed by atoms with van der Waals surface area (Å²) in [6.07, 6.45) is 8.55. The minimum absolute atomic E-state index is 0.480. The molecule has 0 N–H and O–H groups in total. The van der Waals surface area contributed by atoms with Crippen molar-refractivity contribution in [1.29, 1.82) is 0 Å². The minimum Gasteiger partial charge on any atom is -0.391 e. The van der Waals surface area contributed by atoms with Gasteiger partial charge in [-0.3, -0.25) is 0 Å². The van der Waals surface area contributed by atoms with Crippen LogP contribution in [0.2, 0.25) is 0 Å². The normalized spacial score (nSPS) is 15.0. The van der Waals surface area contributed by atoms with Crippen LogP contribution in [0.25, 0.3) is 11.1 Å². The van der Waals surface area contributed by atoms with E-state index in [-0.39, 0.29) is 0 Å². The maximum absolute atomic E-state index is 5.52. The summed E-state index contributed by atoms with van der Waals surface area (Å²) in [5.41, 5.74) is 6.12. The molecule has 142 valence electrons. The van der Waals surface area contributed by atoms with Gasteiger partial charge in [-0.15, -0.1) is 0 Å². The SMILES string of the molecule is C(=NOCc1ccc(-c2ccccc2)cc1)c1cccc(C2CCCCC2)c1. The van der Waals surface area contributed by atoms with Crippen LogP contribution in [0.5, 0.6) is 0 Å². The molecule has 2 nitrogen and oxygen atoms in total. The van der Waals surface area contributed by atoms with Crippen molar-refractivity contribution in [2.45, 2.75) is 44.6 Å². The summed E-state index contributed by atoms with van der Waals surface area (Å²) in [6.45, 7) is 0.480. The predicted molar refractivity (Wildman–Crippen MR) is 117 cm³/mol. The van der Waals surface area contributed by atoms with E-state index in [4.69, 9.17) is 4.84 Å². The van der Waals surface area contributed by atoms with Gasteiger partial charge in [0.15, 0.2) is 0 Å². The van der Waals surface area contributed by atoms with Gasteiger partial charge in [0.1, 0.15) is 6.61 Å². The maximum atomic E-state index is 5.52. The van der Waals surface area contributed by atoms with E-state index in [0.717, 1.165) is 11.1 Å². The number of oxime groups is 1. The Morgan fingerprint density at radius 3 is 2.32 bits per heavy atom. The number of hydrogen-bond donors (Lipinski definition) is 0. The second kappa shape index (κ2) is 9.36. The Bertz CT molecular complexity index is 893. The lowest BCUT2D eigenvalue weighted by Gasteiger charge is -2.22. The summed E-state index contributed by atoms with van der Waals surface area (Å²) in [7, 11) is 0. The van der Waals surface area contributed by atoms with Crippen molar-refractivity contribution in [2.75, 3.05) is 0 Å². The van der Waals surface area contributed by atoms with E-state index in [2.05, 4.69) is 78.0 Å². The van der Waals surface area contributed by atoms with Crippen molar-refractivity contribution in [3.63, 3.8) is 0 Å². The molecule has 28 heavy (non-hydrogen) atoms. The fraction of sp³-hybridized carbons (Fsp3) is 0.269. The highest BCUT2D eigenvalue weighted by Gasteiger charge is 2.15. The molecule has 3 aromatic carbocycles. The molecule has 0 heterocycles. The van der Waals surface area contributed by atoms with Crippen LogP contribution in [0, 0.1) is 0 Å². The largest absolute Gasteiger partial charge is 0.391 e. The van der Waals surface area contributed by atoms with E-state index in [1.165, 1.54) is 48.8 Å². The Morgan fingerprint density at radius 2 is 1.54 bits per heavy atom. The molecule has 0 aromatic heterocycles. The highest BCUT2D eigenvalue weighted by Crippen LogP contribution is 2.32. The number of rotatable bonds is 6. The number of hydrogen-bond acceptors (Lipinski definition) is 2. The Hall–Kier alpha value is -2.87. The highest BCUT2D eigenvalue weighted by molar-refractivity contribution is 5.79. The molecule has 0 bridgehead atoms. The van der Waals surface area contributed by atoms with E-state index >= 15 is 0 Å². The molecular formula is C26H27NO. The van der Waals surface area contributed by atoms with Crippen LogP contribution >= 0.6 is 0 Å². The molecule has 1 saturated carbocycles. The predicted octanol–water partition coefficient (Wildman–Crippen LogP) is 6.95. The summed E-state index contributed by atoms with van der Waals surface area (Å²) >= 11 is 0. The molecule has 0 amide bonds. The van der Waals surface area contributed by atoms with E-state index in [1.54, 1.807) is 0 Å². The van der Waals surface area contributed by atoms with Crippen molar-refractivity contribution in [3.8, 4) is 11.1 Å². The van der Waals surface area contributed by atoms with Gasteiger partial charge >= 0.3 is 0 Å². The first-order chi connectivity index (χ1) is 13.9. The Balaban J connectivity index is 1.32. The molecule has 2 heteroatoms. The zero-order valence-corrected chi connectivity index (χ0v) is 16.3. The van der Waals surface area contributed by atoms with Crippen LogP contribution in [0.4, 0.5) is 0 Å². The van der Waals surface area contributed by atoms with Gasteiger partial charge < -0.3 is 4.84 Å². The van der Waals surface area contributed by atoms with Crippen LogP contribution < -0.4 is 0 Å². The van der Waals surface area contributed by atoms with Crippen molar-refractivity contribution in [3.05, 3.63) is 95.6 Å². The first-order valence-electron chi connectivity index (χ1n) is 10.3. The van der Waals surface area contributed by atoms with Crippen molar-refractivity contribution >= 4 is 6.21 Å². The second-order valence-corrected chi connectivity index (χ2v) is 7.58. The standard InChI is InChI=1S/C26H27NO/c1-3-9-23(10-4-1)25-16-14-21(15-17-25)20-28-27-19-22-8-7-13-26(18-22)24-11-5-2-6-12-24/h1,3-4,7-10,13-19,24H,2,5-6,11-12,20H2. The van der Waals surface area contributed by atoms with Crippen LogP contribution in [0.3, 0.4) is 0 Å². The summed E-state index contributed by atoms with van der Waals surface area (Å²) < 4.78 is 0. The first-order valence-corrected chi connectivity index (χ1v) is 10.3. The van der Waals surface area contributed by atoms with Gasteiger partial charge in [0.25, 0.3) is 0 Å². The van der Waals surface area contributed by atoms with E-state index in [1.807, 2.05) is 12.3 Å². The molecule has 0 unspecified atom stereocenters. The fourth-order valence-corrected chi connectivity index (χ4v) is 3.96. The van der Waals surface area contributed by atoms with Gasteiger partial charge in [0.2, 0.25) is 0 Å². The maximum Gasteiger partial charge on any atom is 0.142 e. The minimum atomic E-state index is 0.480. The number of benzene rings is 3. The van der Waals surface area contributed by atoms with Crippen LogP contribution in [0.1, 0.15) is 54.7 Å². The molecule has 1 aliphatic carbocycles. The average molecular weight is 370 g/mol. The lowest BCUT2D eigenvalue weighted by atomic mass is 9.84. The van der Waals surface area contributed by atoms with E-state index in [9.17, 15) is 0 Å². The summed E-state index contributed by atoms with van der Waals surface area (Å²) in [5.74, 6) is 0.714. The molecule has 0 saturated heterocycles. The lowest BCUT2D eigenvalue weighted by molar-refractivity contribution is 0.132. The topological polar surface area (TPSA) is 21.6 Å². The van der Waals surface area contributed by atoms with Gasteiger partial charge in [-0.1, -0.05) is 97.2 Å². The third-order valence-electron chi connectivity index (χ3n) is 5.56. The number of nitrogens with zero attached hydrogens (tertiary/aromatic N) is 1. The van der Waals surface area contributed by atoms with Gasteiger partial charge in [-0.2, -0.15) is 0 Å². The van der Waals surface area contributed by atoms with Crippen LogP contribution in [-0.4, -0.2) is 6.21 Å². The zero-order valence-electron chi connectivity index (χ0n) is 16.3. The first kappa shape index (κ1) is 18.5. The van der Waals surface area contributed by atoms with E-state index in [0.29, 0.717) is 12.5 Å². The van der Waals surface area contributed by atoms with Gasteiger partial charge in [-0.25, -0.2) is 0 Å². The third kappa shape index (κ3) is 4.89. The Labute approximate surface area is 167 Å². The molecular weight excluding hydrogens is 342 g/mol. The molecule has 0 radical (unpaired) electrons. The summed E-state index contributed by atoms with van der Waals surface area (Å²) in [4.78, 5) is 5.52. The Kier molecular flexibility index (Phi) is 6.18. The van der Waals surface area contributed by atoms with Crippen molar-refractivity contribution in [2.24, 2.45) is 5.16 Å². The molecule has 0 spiro atoms. The van der Waals surface area contributed by atoms with Gasteiger partial charge in [-0.05, 0) is 52.6 Å². The van der Waals surface area contributed by atoms with Crippen LogP contribution in [0.15, 0.2) is 84.0 Å². The molecule has 3 aromatic rings. The Morgan fingerprint density at radius 1 is 0.786 bits per heavy atom. The van der Waals surface area contributed by atoms with Crippen molar-refractivity contribution in [1.82, 2.24) is 0 Å². The quantitative estimate of drug-likeness (QED) is 0.340. The summed E-state index contributed by atoms with van der Waals surface area (Å²) in [6, 6.07) is 27.6. The fourth-order valence-electron chi connectivity index (χ4n) is 3.96. The average Bonchev–Trinajstić information content (AvgIpc) is 2.79. The molecule has 0 aliphatic heterocycles. The highest BCUT2D eigenvalue weighted by atomic mass is 16.6. The second-order valence-electron chi connectivity index (χ2n) is 7.58. The zero-order chi connectivity index (χ0) is 19.0. The van der Waals surface area contributed by atoms with Gasteiger partial charge in [0, 0.05) is 0 Å².